The fraction of sp³-hybridized carbons (Fsp3) is 0.214. The molecule has 3 rings (SSSR count). The van der Waals surface area contributed by atoms with Crippen molar-refractivity contribution in [3.05, 3.63) is 52.6 Å². The molecule has 92 valence electrons. The fourth-order valence-electron chi connectivity index (χ4n) is 2.14. The Hall–Kier alpha value is -2.10. The largest absolute Gasteiger partial charge is 0.507 e. The van der Waals surface area contributed by atoms with Gasteiger partial charge in [-0.1, -0.05) is 6.07 Å². The molecule has 0 atom stereocenters. The molecule has 0 spiro atoms. The maximum atomic E-state index is 13.3. The van der Waals surface area contributed by atoms with Crippen LogP contribution in [-0.4, -0.2) is 9.67 Å². The van der Waals surface area contributed by atoms with E-state index in [2.05, 4.69) is 0 Å². The molecule has 0 aliphatic heterocycles. The Morgan fingerprint density at radius 3 is 2.72 bits per heavy atom. The third kappa shape index (κ3) is 1.79. The molecule has 1 aromatic heterocycles. The first kappa shape index (κ1) is 11.0. The molecule has 1 saturated carbocycles. The van der Waals surface area contributed by atoms with Crippen LogP contribution in [0.3, 0.4) is 0 Å². The van der Waals surface area contributed by atoms with E-state index >= 15 is 0 Å². The third-order valence-corrected chi connectivity index (χ3v) is 3.14. The zero-order chi connectivity index (χ0) is 12.7. The van der Waals surface area contributed by atoms with Crippen molar-refractivity contribution in [2.75, 3.05) is 0 Å². The molecule has 1 heterocycles. The number of phenols is 1. The summed E-state index contributed by atoms with van der Waals surface area (Å²) in [5, 5.41) is 9.82. The zero-order valence-electron chi connectivity index (χ0n) is 9.64. The quantitative estimate of drug-likeness (QED) is 0.883. The summed E-state index contributed by atoms with van der Waals surface area (Å²) >= 11 is 0. The second-order valence-electron chi connectivity index (χ2n) is 4.51. The molecule has 0 bridgehead atoms. The Kier molecular flexibility index (Phi) is 2.44. The SMILES string of the molecule is O=c1cccc(-c2cc(F)ccc2O)n1C1CC1. The van der Waals surface area contributed by atoms with Crippen molar-refractivity contribution in [3.8, 4) is 17.0 Å². The van der Waals surface area contributed by atoms with Gasteiger partial charge in [-0.3, -0.25) is 4.79 Å². The van der Waals surface area contributed by atoms with Gasteiger partial charge in [-0.25, -0.2) is 4.39 Å². The van der Waals surface area contributed by atoms with Crippen molar-refractivity contribution in [2.24, 2.45) is 0 Å². The minimum atomic E-state index is -0.429. The van der Waals surface area contributed by atoms with Crippen LogP contribution in [0.25, 0.3) is 11.3 Å². The van der Waals surface area contributed by atoms with E-state index in [1.807, 2.05) is 0 Å². The number of aromatic nitrogens is 1. The summed E-state index contributed by atoms with van der Waals surface area (Å²) in [5.74, 6) is -0.446. The van der Waals surface area contributed by atoms with E-state index in [-0.39, 0.29) is 17.4 Å². The van der Waals surface area contributed by atoms with Crippen LogP contribution in [0.2, 0.25) is 0 Å². The minimum Gasteiger partial charge on any atom is -0.507 e. The fourth-order valence-corrected chi connectivity index (χ4v) is 2.14. The van der Waals surface area contributed by atoms with Gasteiger partial charge in [0.2, 0.25) is 0 Å². The van der Waals surface area contributed by atoms with Gasteiger partial charge in [-0.15, -0.1) is 0 Å². The Morgan fingerprint density at radius 1 is 1.22 bits per heavy atom. The topological polar surface area (TPSA) is 42.2 Å². The summed E-state index contributed by atoms with van der Waals surface area (Å²) in [6, 6.07) is 8.77. The van der Waals surface area contributed by atoms with Crippen LogP contribution in [0.1, 0.15) is 18.9 Å². The molecule has 1 N–H and O–H groups in total. The van der Waals surface area contributed by atoms with Gasteiger partial charge in [0.25, 0.3) is 5.56 Å². The van der Waals surface area contributed by atoms with Crippen LogP contribution < -0.4 is 5.56 Å². The number of rotatable bonds is 2. The molecule has 1 aliphatic carbocycles. The number of phenolic OH excluding ortho intramolecular Hbond substituents is 1. The summed E-state index contributed by atoms with van der Waals surface area (Å²) in [6.45, 7) is 0. The maximum absolute atomic E-state index is 13.3. The average Bonchev–Trinajstić information content (AvgIpc) is 3.16. The molecular formula is C14H12FNO2. The van der Waals surface area contributed by atoms with Gasteiger partial charge in [-0.05, 0) is 37.1 Å². The first-order valence-corrected chi connectivity index (χ1v) is 5.87. The smallest absolute Gasteiger partial charge is 0.251 e. The number of hydrogen-bond donors (Lipinski definition) is 1. The van der Waals surface area contributed by atoms with Crippen LogP contribution in [0.15, 0.2) is 41.2 Å². The molecule has 1 fully saturated rings. The van der Waals surface area contributed by atoms with Crippen LogP contribution >= 0.6 is 0 Å². The summed E-state index contributed by atoms with van der Waals surface area (Å²) in [4.78, 5) is 11.9. The van der Waals surface area contributed by atoms with E-state index in [9.17, 15) is 14.3 Å². The number of benzene rings is 1. The van der Waals surface area contributed by atoms with E-state index in [1.165, 1.54) is 24.3 Å². The number of halogens is 1. The lowest BCUT2D eigenvalue weighted by atomic mass is 10.1. The van der Waals surface area contributed by atoms with Crippen molar-refractivity contribution in [3.63, 3.8) is 0 Å². The molecule has 3 nitrogen and oxygen atoms in total. The van der Waals surface area contributed by atoms with E-state index in [0.717, 1.165) is 12.8 Å². The first-order chi connectivity index (χ1) is 8.66. The van der Waals surface area contributed by atoms with Crippen molar-refractivity contribution in [1.82, 2.24) is 4.57 Å². The van der Waals surface area contributed by atoms with Gasteiger partial charge in [0.1, 0.15) is 11.6 Å². The lowest BCUT2D eigenvalue weighted by Gasteiger charge is -2.13. The number of hydrogen-bond acceptors (Lipinski definition) is 2. The monoisotopic (exact) mass is 245 g/mol. The lowest BCUT2D eigenvalue weighted by molar-refractivity contribution is 0.474. The van der Waals surface area contributed by atoms with E-state index in [4.69, 9.17) is 0 Å². The normalized spacial score (nSPS) is 14.7. The van der Waals surface area contributed by atoms with Gasteiger partial charge in [-0.2, -0.15) is 0 Å². The van der Waals surface area contributed by atoms with Gasteiger partial charge >= 0.3 is 0 Å². The summed E-state index contributed by atoms with van der Waals surface area (Å²) in [6.07, 6.45) is 1.90. The van der Waals surface area contributed by atoms with Gasteiger partial charge < -0.3 is 9.67 Å². The maximum Gasteiger partial charge on any atom is 0.251 e. The third-order valence-electron chi connectivity index (χ3n) is 3.14. The molecule has 1 aromatic carbocycles. The molecule has 0 saturated heterocycles. The highest BCUT2D eigenvalue weighted by atomic mass is 19.1. The molecule has 0 unspecified atom stereocenters. The first-order valence-electron chi connectivity index (χ1n) is 5.87. The number of nitrogens with zero attached hydrogens (tertiary/aromatic N) is 1. The Labute approximate surface area is 103 Å². The summed E-state index contributed by atoms with van der Waals surface area (Å²) < 4.78 is 14.9. The van der Waals surface area contributed by atoms with Crippen LogP contribution in [0.4, 0.5) is 4.39 Å². The van der Waals surface area contributed by atoms with Gasteiger partial charge in [0.15, 0.2) is 0 Å². The second-order valence-corrected chi connectivity index (χ2v) is 4.51. The molecule has 18 heavy (non-hydrogen) atoms. The minimum absolute atomic E-state index is 0.0172. The molecule has 4 heteroatoms. The Morgan fingerprint density at radius 2 is 2.00 bits per heavy atom. The Bertz CT molecular complexity index is 659. The Balaban J connectivity index is 2.25. The molecule has 1 aliphatic rings. The number of aromatic hydroxyl groups is 1. The van der Waals surface area contributed by atoms with E-state index in [1.54, 1.807) is 16.7 Å². The predicted octanol–water partition coefficient (Wildman–Crippen LogP) is 2.69. The summed E-state index contributed by atoms with van der Waals surface area (Å²) in [7, 11) is 0. The highest BCUT2D eigenvalue weighted by Crippen LogP contribution is 2.38. The zero-order valence-corrected chi connectivity index (χ0v) is 9.64. The predicted molar refractivity (Wildman–Crippen MR) is 66.0 cm³/mol. The van der Waals surface area contributed by atoms with Crippen LogP contribution in [0, 0.1) is 5.82 Å². The second kappa shape index (κ2) is 3.98. The van der Waals surface area contributed by atoms with Gasteiger partial charge in [0.05, 0.1) is 5.69 Å². The van der Waals surface area contributed by atoms with Crippen molar-refractivity contribution in [2.45, 2.75) is 18.9 Å². The van der Waals surface area contributed by atoms with Crippen molar-refractivity contribution >= 4 is 0 Å². The molecule has 0 amide bonds. The standard InChI is InChI=1S/C14H12FNO2/c15-9-4-7-13(17)11(8-9)12-2-1-3-14(18)16(12)10-5-6-10/h1-4,7-8,10,17H,5-6H2. The highest BCUT2D eigenvalue weighted by molar-refractivity contribution is 5.67. The van der Waals surface area contributed by atoms with E-state index in [0.29, 0.717) is 11.3 Å². The van der Waals surface area contributed by atoms with Crippen LogP contribution in [-0.2, 0) is 0 Å². The molecule has 2 aromatic rings. The molecular weight excluding hydrogens is 233 g/mol. The lowest BCUT2D eigenvalue weighted by Crippen LogP contribution is -2.19. The van der Waals surface area contributed by atoms with Crippen LogP contribution in [0.5, 0.6) is 5.75 Å². The number of pyridine rings is 1. The van der Waals surface area contributed by atoms with Crippen molar-refractivity contribution in [1.29, 1.82) is 0 Å². The highest BCUT2D eigenvalue weighted by Gasteiger charge is 2.27. The average molecular weight is 245 g/mol. The van der Waals surface area contributed by atoms with Crippen molar-refractivity contribution < 1.29 is 9.50 Å². The molecule has 0 radical (unpaired) electrons. The van der Waals surface area contributed by atoms with E-state index < -0.39 is 5.82 Å². The summed E-state index contributed by atoms with van der Waals surface area (Å²) in [5.41, 5.74) is 0.820. The van der Waals surface area contributed by atoms with Gasteiger partial charge in [0, 0.05) is 17.7 Å².